The lowest BCUT2D eigenvalue weighted by molar-refractivity contribution is -0.160. The van der Waals surface area contributed by atoms with Crippen molar-refractivity contribution >= 4 is 56.3 Å². The Kier molecular flexibility index (Phi) is 9.79. The molecule has 2 fully saturated rings. The Labute approximate surface area is 312 Å². The lowest BCUT2D eigenvalue weighted by Crippen LogP contribution is -2.62. The van der Waals surface area contributed by atoms with Crippen LogP contribution in [0, 0.1) is 6.92 Å². The van der Waals surface area contributed by atoms with Gasteiger partial charge in [0.25, 0.3) is 0 Å². The van der Waals surface area contributed by atoms with E-state index in [1.54, 1.807) is 4.90 Å². The average Bonchev–Trinajstić information content (AvgIpc) is 3.68. The van der Waals surface area contributed by atoms with Gasteiger partial charge in [-0.15, -0.1) is 11.3 Å². The number of aryl methyl sites for hydroxylation is 1. The topological polar surface area (TPSA) is 123 Å². The molecule has 1 atom stereocenters. The van der Waals surface area contributed by atoms with Crippen molar-refractivity contribution in [3.05, 3.63) is 64.3 Å². The third kappa shape index (κ3) is 6.89. The van der Waals surface area contributed by atoms with Crippen LogP contribution in [0.5, 0.6) is 0 Å². The van der Waals surface area contributed by atoms with Crippen molar-refractivity contribution in [3.8, 4) is 21.8 Å². The molecule has 2 saturated heterocycles. The number of carbonyl (C=O) groups excluding carboxylic acids is 1. The number of hydrogen-bond donors (Lipinski definition) is 1. The Balaban J connectivity index is 1.28. The Morgan fingerprint density at radius 1 is 1.04 bits per heavy atom. The summed E-state index contributed by atoms with van der Waals surface area (Å²) in [7, 11) is 1.42. The van der Waals surface area contributed by atoms with Gasteiger partial charge in [-0.25, -0.2) is 19.6 Å². The number of pyridine rings is 1. The number of thiazole rings is 1. The van der Waals surface area contributed by atoms with Gasteiger partial charge in [-0.1, -0.05) is 23.7 Å². The molecule has 2 aliphatic rings. The quantitative estimate of drug-likeness (QED) is 0.167. The number of rotatable bonds is 8. The van der Waals surface area contributed by atoms with Gasteiger partial charge < -0.3 is 19.5 Å². The van der Waals surface area contributed by atoms with Gasteiger partial charge in [0, 0.05) is 47.2 Å². The summed E-state index contributed by atoms with van der Waals surface area (Å²) >= 11 is 7.80. The van der Waals surface area contributed by atoms with Gasteiger partial charge in [0.2, 0.25) is 0 Å². The number of aromatic nitrogens is 4. The van der Waals surface area contributed by atoms with Crippen LogP contribution in [0.4, 0.5) is 4.79 Å². The van der Waals surface area contributed by atoms with Crippen LogP contribution in [0.25, 0.3) is 43.1 Å². The number of carbonyl (C=O) groups is 2. The van der Waals surface area contributed by atoms with Gasteiger partial charge in [0.15, 0.2) is 6.10 Å². The molecule has 7 rings (SSSR count). The second kappa shape index (κ2) is 14.0. The largest absolute Gasteiger partial charge is 0.479 e. The second-order valence-corrected chi connectivity index (χ2v) is 16.6. The highest BCUT2D eigenvalue weighted by atomic mass is 35.5. The van der Waals surface area contributed by atoms with E-state index in [0.717, 1.165) is 80.3 Å². The van der Waals surface area contributed by atoms with Gasteiger partial charge in [-0.3, -0.25) is 9.58 Å². The summed E-state index contributed by atoms with van der Waals surface area (Å²) in [5, 5.41) is 17.0. The molecule has 2 aliphatic heterocycles. The Morgan fingerprint density at radius 2 is 1.73 bits per heavy atom. The number of methoxy groups -OCH3 is 1. The summed E-state index contributed by atoms with van der Waals surface area (Å²) in [6.45, 7) is 15.0. The summed E-state index contributed by atoms with van der Waals surface area (Å²) in [5.41, 5.74) is 6.70. The highest BCUT2D eigenvalue weighted by Gasteiger charge is 2.38. The van der Waals surface area contributed by atoms with Gasteiger partial charge in [0.1, 0.15) is 10.5 Å². The van der Waals surface area contributed by atoms with Crippen LogP contribution in [-0.2, 0) is 14.3 Å². The molecule has 13 heteroatoms. The van der Waals surface area contributed by atoms with Crippen molar-refractivity contribution in [2.24, 2.45) is 0 Å². The molecule has 0 saturated carbocycles. The molecule has 1 amide bonds. The standard InChI is InChI=1S/C39H45ClN6O5S/c1-21(2)46-29-13-12-27(41-33(29)32(43-46)24-14-16-44(17-15-24)26-19-45(20-26)38(49)50-7)36-42-28-18-22(3)30(34(37(47)48)51-39(4,5)6)31(35(28)52-36)23-8-10-25(40)11-9-23/h8-13,18,21,24,26,34H,14-17,19-20H2,1-7H3,(H,47,48)/t34-/m0/s1. The zero-order valence-electron chi connectivity index (χ0n) is 30.6. The number of hydrogen-bond acceptors (Lipinski definition) is 9. The third-order valence-electron chi connectivity index (χ3n) is 10.0. The smallest absolute Gasteiger partial charge is 0.409 e. The van der Waals surface area contributed by atoms with E-state index in [1.807, 2.05) is 64.1 Å². The number of benzene rings is 2. The second-order valence-electron chi connectivity index (χ2n) is 15.1. The van der Waals surface area contributed by atoms with E-state index in [-0.39, 0.29) is 18.1 Å². The summed E-state index contributed by atoms with van der Waals surface area (Å²) in [4.78, 5) is 39.3. The predicted octanol–water partition coefficient (Wildman–Crippen LogP) is 8.49. The van der Waals surface area contributed by atoms with Crippen molar-refractivity contribution in [1.82, 2.24) is 29.5 Å². The van der Waals surface area contributed by atoms with Crippen LogP contribution in [0.15, 0.2) is 42.5 Å². The zero-order valence-corrected chi connectivity index (χ0v) is 32.2. The van der Waals surface area contributed by atoms with E-state index in [4.69, 9.17) is 36.1 Å². The molecule has 0 spiro atoms. The molecular formula is C39H45ClN6O5S. The fraction of sp³-hybridized carbons (Fsp3) is 0.462. The molecule has 5 aromatic rings. The maximum atomic E-state index is 12.8. The number of aliphatic carboxylic acids is 1. The summed E-state index contributed by atoms with van der Waals surface area (Å²) in [5.74, 6) is -0.799. The molecule has 5 heterocycles. The number of likely N-dealkylation sites (tertiary alicyclic amines) is 2. The predicted molar refractivity (Wildman–Crippen MR) is 204 cm³/mol. The van der Waals surface area contributed by atoms with Crippen molar-refractivity contribution in [3.63, 3.8) is 0 Å². The Morgan fingerprint density at radius 3 is 2.35 bits per heavy atom. The van der Waals surface area contributed by atoms with Crippen molar-refractivity contribution in [2.45, 2.75) is 84.1 Å². The molecule has 0 unspecified atom stereocenters. The fourth-order valence-corrected chi connectivity index (χ4v) is 8.70. The van der Waals surface area contributed by atoms with E-state index < -0.39 is 17.7 Å². The van der Waals surface area contributed by atoms with Crippen molar-refractivity contribution in [2.75, 3.05) is 33.3 Å². The van der Waals surface area contributed by atoms with E-state index in [2.05, 4.69) is 29.5 Å². The molecule has 3 aromatic heterocycles. The maximum Gasteiger partial charge on any atom is 0.409 e. The number of carboxylic acid groups (broad SMARTS) is 1. The molecule has 2 aromatic carbocycles. The summed E-state index contributed by atoms with van der Waals surface area (Å²) < 4.78 is 14.0. The van der Waals surface area contributed by atoms with E-state index in [1.165, 1.54) is 18.4 Å². The molecule has 274 valence electrons. The number of fused-ring (bicyclic) bond motifs is 2. The van der Waals surface area contributed by atoms with Crippen LogP contribution >= 0.6 is 22.9 Å². The number of piperidine rings is 1. The third-order valence-corrected chi connectivity index (χ3v) is 11.4. The first-order valence-corrected chi connectivity index (χ1v) is 19.0. The number of carboxylic acids is 1. The van der Waals surface area contributed by atoms with Crippen LogP contribution in [0.1, 0.15) is 82.3 Å². The molecule has 1 N–H and O–H groups in total. The molecule has 0 aliphatic carbocycles. The minimum absolute atomic E-state index is 0.159. The first-order chi connectivity index (χ1) is 24.7. The minimum atomic E-state index is -1.19. The number of nitrogens with zero attached hydrogens (tertiary/aromatic N) is 6. The van der Waals surface area contributed by atoms with E-state index in [9.17, 15) is 14.7 Å². The minimum Gasteiger partial charge on any atom is -0.479 e. The molecule has 0 bridgehead atoms. The number of amides is 1. The molecule has 11 nitrogen and oxygen atoms in total. The zero-order chi connectivity index (χ0) is 37.1. The SMILES string of the molecule is COC(=O)N1CC(N2CCC(c3nn(C(C)C)c4ccc(-c5nc6cc(C)c([C@H](OC(C)(C)C)C(=O)O)c(-c7ccc(Cl)cc7)c6s5)nc34)CC2)C1. The first-order valence-electron chi connectivity index (χ1n) is 17.8. The average molecular weight is 745 g/mol. The number of ether oxygens (including phenoxy) is 2. The summed E-state index contributed by atoms with van der Waals surface area (Å²) in [6.07, 6.45) is 0.462. The lowest BCUT2D eigenvalue weighted by Gasteiger charge is -2.46. The Hall–Kier alpha value is -4.10. The van der Waals surface area contributed by atoms with Crippen LogP contribution in [-0.4, -0.2) is 91.6 Å². The molecule has 52 heavy (non-hydrogen) atoms. The highest BCUT2D eigenvalue weighted by Crippen LogP contribution is 2.45. The van der Waals surface area contributed by atoms with Gasteiger partial charge >= 0.3 is 12.1 Å². The van der Waals surface area contributed by atoms with E-state index >= 15 is 0 Å². The normalized spacial score (nSPS) is 16.9. The van der Waals surface area contributed by atoms with Crippen LogP contribution in [0.3, 0.4) is 0 Å². The van der Waals surface area contributed by atoms with Crippen molar-refractivity contribution in [1.29, 1.82) is 0 Å². The molecule has 0 radical (unpaired) electrons. The van der Waals surface area contributed by atoms with E-state index in [0.29, 0.717) is 29.7 Å². The lowest BCUT2D eigenvalue weighted by atomic mass is 9.91. The van der Waals surface area contributed by atoms with Crippen LogP contribution < -0.4 is 0 Å². The fourth-order valence-electron chi connectivity index (χ4n) is 7.48. The Bertz CT molecular complexity index is 2140. The maximum absolute atomic E-state index is 12.8. The van der Waals surface area contributed by atoms with Gasteiger partial charge in [-0.05, 0) is 109 Å². The van der Waals surface area contributed by atoms with Gasteiger partial charge in [-0.2, -0.15) is 5.10 Å². The van der Waals surface area contributed by atoms with Crippen molar-refractivity contribution < 1.29 is 24.2 Å². The molecular weight excluding hydrogens is 700 g/mol. The number of halogens is 1. The highest BCUT2D eigenvalue weighted by molar-refractivity contribution is 7.22. The first kappa shape index (κ1) is 36.3. The summed E-state index contributed by atoms with van der Waals surface area (Å²) in [6, 6.07) is 14.0. The monoisotopic (exact) mass is 744 g/mol. The van der Waals surface area contributed by atoms with Crippen LogP contribution in [0.2, 0.25) is 5.02 Å². The van der Waals surface area contributed by atoms with Gasteiger partial charge in [0.05, 0.1) is 39.8 Å².